The molecule has 0 unspecified atom stereocenters. The Balaban J connectivity index is 2.42. The molecule has 1 aromatic rings. The van der Waals surface area contributed by atoms with Gasteiger partial charge in [-0.05, 0) is 19.9 Å². The number of nitrogens with zero attached hydrogens (tertiary/aromatic N) is 1. The zero-order valence-electron chi connectivity index (χ0n) is 11.1. The molecule has 0 aliphatic carbocycles. The fourth-order valence-electron chi connectivity index (χ4n) is 1.65. The standard InChI is InChI=1S/C13H14N2O4S/c1-3-19-13(16)12-8-11(14-20(17,18)15-12)10-6-4-9(2)5-7-10/h4-8,15H,3H2,1-2H3. The molecule has 0 saturated heterocycles. The summed E-state index contributed by atoms with van der Waals surface area (Å²) in [4.78, 5) is 11.6. The molecule has 0 bridgehead atoms. The van der Waals surface area contributed by atoms with Gasteiger partial charge < -0.3 is 4.74 Å². The predicted octanol–water partition coefficient (Wildman–Crippen LogP) is 1.08. The monoisotopic (exact) mass is 294 g/mol. The fraction of sp³-hybridized carbons (Fsp3) is 0.231. The average Bonchev–Trinajstić information content (AvgIpc) is 2.38. The lowest BCUT2D eigenvalue weighted by atomic mass is 10.1. The molecule has 20 heavy (non-hydrogen) atoms. The van der Waals surface area contributed by atoms with Crippen molar-refractivity contribution in [2.24, 2.45) is 4.40 Å². The molecule has 0 saturated carbocycles. The van der Waals surface area contributed by atoms with Gasteiger partial charge in [0, 0.05) is 5.56 Å². The Morgan fingerprint density at radius 2 is 1.95 bits per heavy atom. The summed E-state index contributed by atoms with van der Waals surface area (Å²) in [6.45, 7) is 3.73. The molecule has 0 spiro atoms. The molecule has 0 atom stereocenters. The zero-order chi connectivity index (χ0) is 14.8. The van der Waals surface area contributed by atoms with Crippen molar-refractivity contribution < 1.29 is 17.9 Å². The Bertz CT molecular complexity index is 688. The lowest BCUT2D eigenvalue weighted by molar-refractivity contribution is -0.138. The van der Waals surface area contributed by atoms with Gasteiger partial charge in [-0.3, -0.25) is 4.72 Å². The van der Waals surface area contributed by atoms with E-state index in [2.05, 4.69) is 9.12 Å². The Hall–Kier alpha value is -2.15. The minimum absolute atomic E-state index is 0.141. The van der Waals surface area contributed by atoms with E-state index in [1.165, 1.54) is 6.08 Å². The number of hydrogen-bond acceptors (Lipinski definition) is 4. The molecule has 1 N–H and O–H groups in total. The van der Waals surface area contributed by atoms with Gasteiger partial charge >= 0.3 is 16.2 Å². The van der Waals surface area contributed by atoms with Crippen LogP contribution in [0.3, 0.4) is 0 Å². The van der Waals surface area contributed by atoms with E-state index in [-0.39, 0.29) is 18.0 Å². The number of ether oxygens (including phenoxy) is 1. The first-order valence-corrected chi connectivity index (χ1v) is 7.44. The van der Waals surface area contributed by atoms with Crippen LogP contribution in [0.4, 0.5) is 0 Å². The number of rotatable bonds is 3. The second-order valence-corrected chi connectivity index (χ2v) is 5.53. The van der Waals surface area contributed by atoms with Crippen molar-refractivity contribution in [3.8, 4) is 0 Å². The van der Waals surface area contributed by atoms with E-state index >= 15 is 0 Å². The molecule has 0 fully saturated rings. The first-order valence-electron chi connectivity index (χ1n) is 6.00. The van der Waals surface area contributed by atoms with Gasteiger partial charge in [-0.2, -0.15) is 8.42 Å². The van der Waals surface area contributed by atoms with Crippen LogP contribution < -0.4 is 4.72 Å². The van der Waals surface area contributed by atoms with Crippen LogP contribution in [-0.4, -0.2) is 26.7 Å². The van der Waals surface area contributed by atoms with Crippen molar-refractivity contribution in [2.45, 2.75) is 13.8 Å². The van der Waals surface area contributed by atoms with Gasteiger partial charge in [0.15, 0.2) is 0 Å². The maximum Gasteiger partial charge on any atom is 0.355 e. The molecule has 2 rings (SSSR count). The first-order chi connectivity index (χ1) is 9.41. The molecule has 7 heteroatoms. The highest BCUT2D eigenvalue weighted by Gasteiger charge is 2.24. The molecule has 106 valence electrons. The first kappa shape index (κ1) is 14.3. The largest absolute Gasteiger partial charge is 0.461 e. The SMILES string of the molecule is CCOC(=O)C1=CC(c2ccc(C)cc2)=NS(=O)(=O)N1. The third-order valence-electron chi connectivity index (χ3n) is 2.58. The van der Waals surface area contributed by atoms with Crippen LogP contribution in [0.2, 0.25) is 0 Å². The van der Waals surface area contributed by atoms with Gasteiger partial charge in [-0.1, -0.05) is 29.8 Å². The molecule has 0 aromatic heterocycles. The molecule has 0 amide bonds. The van der Waals surface area contributed by atoms with Crippen LogP contribution in [0.25, 0.3) is 0 Å². The quantitative estimate of drug-likeness (QED) is 0.845. The smallest absolute Gasteiger partial charge is 0.355 e. The summed E-state index contributed by atoms with van der Waals surface area (Å²) in [6, 6.07) is 7.16. The Morgan fingerprint density at radius 1 is 1.30 bits per heavy atom. The summed E-state index contributed by atoms with van der Waals surface area (Å²) in [5.74, 6) is -0.726. The van der Waals surface area contributed by atoms with E-state index < -0.39 is 16.2 Å². The summed E-state index contributed by atoms with van der Waals surface area (Å²) >= 11 is 0. The fourth-order valence-corrected chi connectivity index (χ4v) is 2.54. The van der Waals surface area contributed by atoms with Gasteiger partial charge in [-0.25, -0.2) is 4.79 Å². The van der Waals surface area contributed by atoms with Gasteiger partial charge in [-0.15, -0.1) is 4.40 Å². The highest BCUT2D eigenvalue weighted by molar-refractivity contribution is 7.88. The van der Waals surface area contributed by atoms with E-state index in [4.69, 9.17) is 4.74 Å². The van der Waals surface area contributed by atoms with E-state index in [9.17, 15) is 13.2 Å². The molecule has 6 nitrogen and oxygen atoms in total. The summed E-state index contributed by atoms with van der Waals surface area (Å²) in [7, 11) is -3.93. The van der Waals surface area contributed by atoms with Crippen molar-refractivity contribution in [3.63, 3.8) is 0 Å². The van der Waals surface area contributed by atoms with Gasteiger partial charge in [0.1, 0.15) is 5.70 Å². The maximum absolute atomic E-state index is 11.7. The zero-order valence-corrected chi connectivity index (χ0v) is 11.9. The van der Waals surface area contributed by atoms with Gasteiger partial charge in [0.25, 0.3) is 0 Å². The molecule has 1 heterocycles. The van der Waals surface area contributed by atoms with Crippen molar-refractivity contribution in [2.75, 3.05) is 6.61 Å². The minimum Gasteiger partial charge on any atom is -0.461 e. The van der Waals surface area contributed by atoms with E-state index in [0.717, 1.165) is 5.56 Å². The van der Waals surface area contributed by atoms with Gasteiger partial charge in [0.05, 0.1) is 12.3 Å². The van der Waals surface area contributed by atoms with Crippen molar-refractivity contribution >= 4 is 21.9 Å². The molecule has 1 aliphatic rings. The number of benzene rings is 1. The Morgan fingerprint density at radius 3 is 2.55 bits per heavy atom. The molecular weight excluding hydrogens is 280 g/mol. The number of carbonyl (C=O) groups is 1. The average molecular weight is 294 g/mol. The molecule has 0 radical (unpaired) electrons. The van der Waals surface area contributed by atoms with E-state index in [1.54, 1.807) is 19.1 Å². The summed E-state index contributed by atoms with van der Waals surface area (Å²) in [5, 5.41) is 0. The molecular formula is C13H14N2O4S. The van der Waals surface area contributed by atoms with Crippen LogP contribution >= 0.6 is 0 Å². The van der Waals surface area contributed by atoms with E-state index in [1.807, 2.05) is 19.1 Å². The second kappa shape index (κ2) is 5.46. The number of nitrogens with one attached hydrogen (secondary N) is 1. The number of allylic oxidation sites excluding steroid dienone is 1. The highest BCUT2D eigenvalue weighted by Crippen LogP contribution is 2.13. The number of hydrogen-bond donors (Lipinski definition) is 1. The predicted molar refractivity (Wildman–Crippen MR) is 74.5 cm³/mol. The highest BCUT2D eigenvalue weighted by atomic mass is 32.2. The van der Waals surface area contributed by atoms with Crippen molar-refractivity contribution in [1.82, 2.24) is 4.72 Å². The number of aryl methyl sites for hydroxylation is 1. The van der Waals surface area contributed by atoms with E-state index in [0.29, 0.717) is 5.56 Å². The third kappa shape index (κ3) is 3.24. The van der Waals surface area contributed by atoms with Crippen LogP contribution in [-0.2, 0) is 19.7 Å². The van der Waals surface area contributed by atoms with Crippen LogP contribution in [0.15, 0.2) is 40.4 Å². The number of carbonyl (C=O) groups excluding carboxylic acids is 1. The van der Waals surface area contributed by atoms with Crippen LogP contribution in [0.5, 0.6) is 0 Å². The minimum atomic E-state index is -3.93. The normalized spacial score (nSPS) is 16.7. The summed E-state index contributed by atoms with van der Waals surface area (Å²) < 4.78 is 33.8. The molecule has 1 aliphatic heterocycles. The lowest BCUT2D eigenvalue weighted by Gasteiger charge is -2.14. The lowest BCUT2D eigenvalue weighted by Crippen LogP contribution is -2.32. The second-order valence-electron chi connectivity index (χ2n) is 4.20. The molecule has 1 aromatic carbocycles. The van der Waals surface area contributed by atoms with Crippen LogP contribution in [0.1, 0.15) is 18.1 Å². The Kier molecular flexibility index (Phi) is 3.89. The van der Waals surface area contributed by atoms with Crippen molar-refractivity contribution in [1.29, 1.82) is 0 Å². The van der Waals surface area contributed by atoms with Gasteiger partial charge in [0.2, 0.25) is 0 Å². The number of esters is 1. The topological polar surface area (TPSA) is 84.8 Å². The third-order valence-corrected chi connectivity index (χ3v) is 3.50. The maximum atomic E-state index is 11.7. The van der Waals surface area contributed by atoms with Crippen LogP contribution in [0, 0.1) is 6.92 Å². The summed E-state index contributed by atoms with van der Waals surface area (Å²) in [5.41, 5.74) is 1.72. The summed E-state index contributed by atoms with van der Waals surface area (Å²) in [6.07, 6.45) is 1.36. The van der Waals surface area contributed by atoms with Crippen molar-refractivity contribution in [3.05, 3.63) is 47.2 Å². The Labute approximate surface area is 117 Å².